The van der Waals surface area contributed by atoms with Gasteiger partial charge < -0.3 is 10.1 Å². The minimum Gasteiger partial charge on any atom is -0.512 e. The third-order valence-electron chi connectivity index (χ3n) is 4.98. The molecule has 2 aromatic heterocycles. The van der Waals surface area contributed by atoms with Crippen molar-refractivity contribution >= 4 is 27.2 Å². The molecule has 3 nitrogen and oxygen atoms in total. The minimum absolute atomic E-state index is 0. The Morgan fingerprint density at radius 3 is 2.38 bits per heavy atom. The summed E-state index contributed by atoms with van der Waals surface area (Å²) >= 11 is 1.73. The summed E-state index contributed by atoms with van der Waals surface area (Å²) in [4.78, 5) is 16.8. The number of thiophene rings is 1. The Kier molecular flexibility index (Phi) is 8.03. The molecule has 0 saturated heterocycles. The Hall–Kier alpha value is -4.24. The monoisotopic (exact) mass is 690 g/mol. The summed E-state index contributed by atoms with van der Waals surface area (Å²) in [6.07, 6.45) is 2.32. The molecule has 1 radical (unpaired) electrons. The zero-order valence-corrected chi connectivity index (χ0v) is 21.5. The van der Waals surface area contributed by atoms with Crippen LogP contribution in [0.2, 0.25) is 0 Å². The standard InChI is InChI=1S/C14H18O2.C13H8NS.Lr/c1-9-5-6-10(2)13(7-9)8-14(11(3)15)12(4)16;1-2-7-12-10(5-1)9-13(15-12)11-6-3-4-8-14-11;/h5-7,15H,8H2,1-4H3;1-8H;/q;-1;/b14-11-;;. The summed E-state index contributed by atoms with van der Waals surface area (Å²) < 4.78 is 1.26. The third-order valence-corrected chi connectivity index (χ3v) is 6.07. The maximum atomic E-state index is 11.4. The number of aryl methyl sites for hydroxylation is 2. The quantitative estimate of drug-likeness (QED) is 0.142. The van der Waals surface area contributed by atoms with Crippen LogP contribution in [-0.4, -0.2) is 15.9 Å². The number of pyridine rings is 1. The van der Waals surface area contributed by atoms with Crippen LogP contribution in [0.25, 0.3) is 20.7 Å². The summed E-state index contributed by atoms with van der Waals surface area (Å²) in [5, 5.41) is 10.6. The van der Waals surface area contributed by atoms with Crippen molar-refractivity contribution in [3.8, 4) is 10.6 Å². The van der Waals surface area contributed by atoms with E-state index in [4.69, 9.17) is 0 Å². The number of benzene rings is 2. The molecule has 0 aliphatic heterocycles. The van der Waals surface area contributed by atoms with Gasteiger partial charge in [0.05, 0.1) is 5.76 Å². The SMILES string of the molecule is CC(=O)/C(Cc1cc(C)ccc1C)=C(/C)O.[Lr].[c-]1c(-c2ccccn2)sc2ccccc12. The number of aromatic nitrogens is 1. The fourth-order valence-electron chi connectivity index (χ4n) is 3.22. The van der Waals surface area contributed by atoms with E-state index in [1.165, 1.54) is 22.6 Å². The van der Waals surface area contributed by atoms with Gasteiger partial charge in [-0.3, -0.25) is 4.79 Å². The van der Waals surface area contributed by atoms with Crippen LogP contribution in [0.5, 0.6) is 0 Å². The van der Waals surface area contributed by atoms with E-state index < -0.39 is 0 Å². The molecule has 0 spiro atoms. The first-order chi connectivity index (χ1) is 14.8. The second-order valence-electron chi connectivity index (χ2n) is 7.49. The van der Waals surface area contributed by atoms with E-state index in [1.807, 2.05) is 56.4 Å². The Bertz CT molecular complexity index is 1190. The molecule has 0 amide bonds. The molecular formula is C27H26LrNO2S-. The van der Waals surface area contributed by atoms with Crippen LogP contribution >= 0.6 is 11.3 Å². The maximum absolute atomic E-state index is 11.4. The maximum Gasteiger partial charge on any atom is 0.159 e. The molecule has 173 valence electrons. The van der Waals surface area contributed by atoms with Crippen molar-refractivity contribution in [3.63, 3.8) is 0 Å². The number of Topliss-reactive ketones (excluding diaryl/α,β-unsaturated/α-hetero) is 1. The molecule has 2 heterocycles. The van der Waals surface area contributed by atoms with E-state index >= 15 is 0 Å². The zero-order chi connectivity index (χ0) is 22.4. The topological polar surface area (TPSA) is 50.2 Å². The molecule has 5 heteroatoms. The van der Waals surface area contributed by atoms with Gasteiger partial charge in [-0.1, -0.05) is 48.0 Å². The first-order valence-corrected chi connectivity index (χ1v) is 10.9. The van der Waals surface area contributed by atoms with Gasteiger partial charge in [0.25, 0.3) is 0 Å². The largest absolute Gasteiger partial charge is 0.512 e. The molecule has 0 unspecified atom stereocenters. The molecule has 0 aliphatic carbocycles. The predicted octanol–water partition coefficient (Wildman–Crippen LogP) is 7.03. The first-order valence-electron chi connectivity index (χ1n) is 10.1. The molecule has 32 heavy (non-hydrogen) atoms. The average Bonchev–Trinajstić information content (AvgIpc) is 3.19. The van der Waals surface area contributed by atoms with Crippen LogP contribution in [0, 0.1) is 19.9 Å². The number of allylic oxidation sites excluding steroid dienone is 2. The fourth-order valence-corrected chi connectivity index (χ4v) is 4.20. The number of aliphatic hydroxyl groups excluding tert-OH is 1. The van der Waals surface area contributed by atoms with Gasteiger partial charge >= 0.3 is 0 Å². The van der Waals surface area contributed by atoms with Gasteiger partial charge in [-0.15, -0.1) is 23.6 Å². The van der Waals surface area contributed by atoms with E-state index in [-0.39, 0.29) is 11.5 Å². The van der Waals surface area contributed by atoms with Crippen molar-refractivity contribution in [1.29, 1.82) is 0 Å². The second kappa shape index (κ2) is 10.7. The molecule has 0 saturated carbocycles. The van der Waals surface area contributed by atoms with Crippen molar-refractivity contribution in [2.45, 2.75) is 34.1 Å². The third kappa shape index (κ3) is 5.89. The van der Waals surface area contributed by atoms with Gasteiger partial charge in [-0.05, 0) is 54.5 Å². The smallest absolute Gasteiger partial charge is 0.159 e. The Morgan fingerprint density at radius 2 is 1.75 bits per heavy atom. The van der Waals surface area contributed by atoms with Crippen molar-refractivity contribution < 1.29 is 9.90 Å². The van der Waals surface area contributed by atoms with Gasteiger partial charge in [-0.25, -0.2) is 11.3 Å². The van der Waals surface area contributed by atoms with Crippen molar-refractivity contribution in [2.75, 3.05) is 0 Å². The van der Waals surface area contributed by atoms with Gasteiger partial charge in [0.15, 0.2) is 5.78 Å². The van der Waals surface area contributed by atoms with E-state index in [0.717, 1.165) is 21.7 Å². The number of ketones is 1. The molecule has 4 rings (SSSR count). The molecule has 2 aromatic carbocycles. The molecule has 0 atom stereocenters. The van der Waals surface area contributed by atoms with Gasteiger partial charge in [0.2, 0.25) is 0 Å². The number of fused-ring (bicyclic) bond motifs is 1. The normalized spacial score (nSPS) is 11.1. The Balaban J connectivity index is 0.000000220. The summed E-state index contributed by atoms with van der Waals surface area (Å²) in [7, 11) is 0. The van der Waals surface area contributed by atoms with Crippen molar-refractivity contribution in [1.82, 2.24) is 4.98 Å². The minimum atomic E-state index is -0.0686. The molecular weight excluding hydrogens is 664 g/mol. The van der Waals surface area contributed by atoms with Crippen LogP contribution in [-0.2, 0) is 11.2 Å². The van der Waals surface area contributed by atoms with E-state index in [1.54, 1.807) is 18.3 Å². The number of nitrogens with zero attached hydrogens (tertiary/aromatic N) is 1. The number of carbonyl (C=O) groups is 1. The average molecular weight is 691 g/mol. The fraction of sp³-hybridized carbons (Fsp3) is 0.185. The number of rotatable bonds is 4. The van der Waals surface area contributed by atoms with Crippen LogP contribution in [0.3, 0.4) is 0 Å². The molecule has 0 fully saturated rings. The number of hydrogen-bond donors (Lipinski definition) is 1. The van der Waals surface area contributed by atoms with Gasteiger partial charge in [-0.2, -0.15) is 0 Å². The zero-order valence-electron chi connectivity index (χ0n) is 18.5. The summed E-state index contributed by atoms with van der Waals surface area (Å²) in [5.74, 6) is 0.0503. The predicted molar refractivity (Wildman–Crippen MR) is 130 cm³/mol. The first kappa shape index (κ1) is 24.0. The van der Waals surface area contributed by atoms with E-state index in [2.05, 4.69) is 35.3 Å². The van der Waals surface area contributed by atoms with Gasteiger partial charge in [0, 0.05) is 23.9 Å². The molecule has 0 aliphatic rings. The van der Waals surface area contributed by atoms with Crippen LogP contribution in [0.4, 0.5) is 0 Å². The molecule has 4 aromatic rings. The number of carbonyl (C=O) groups excluding carboxylic acids is 1. The van der Waals surface area contributed by atoms with Gasteiger partial charge in [0.1, 0.15) is 0 Å². The Labute approximate surface area is 187 Å². The van der Waals surface area contributed by atoms with Crippen LogP contribution in [0.15, 0.2) is 78.2 Å². The van der Waals surface area contributed by atoms with E-state index in [9.17, 15) is 9.90 Å². The molecule has 1 N–H and O–H groups in total. The molecule has 0 bridgehead atoms. The number of hydrogen-bond acceptors (Lipinski definition) is 4. The number of aliphatic hydroxyl groups is 1. The summed E-state index contributed by atoms with van der Waals surface area (Å²) in [6.45, 7) is 7.08. The van der Waals surface area contributed by atoms with Crippen molar-refractivity contribution in [2.24, 2.45) is 0 Å². The Morgan fingerprint density at radius 1 is 1.03 bits per heavy atom. The van der Waals surface area contributed by atoms with Crippen LogP contribution in [0.1, 0.15) is 30.5 Å². The van der Waals surface area contributed by atoms with Crippen molar-refractivity contribution in [3.05, 3.63) is 101 Å². The van der Waals surface area contributed by atoms with Crippen LogP contribution < -0.4 is 0 Å². The second-order valence-corrected chi connectivity index (χ2v) is 8.55. The summed E-state index contributed by atoms with van der Waals surface area (Å²) in [6, 6.07) is 23.7. The summed E-state index contributed by atoms with van der Waals surface area (Å²) in [5.41, 5.74) is 4.90. The van der Waals surface area contributed by atoms with E-state index in [0.29, 0.717) is 12.0 Å².